The van der Waals surface area contributed by atoms with Gasteiger partial charge in [0, 0.05) is 38.9 Å². The Kier molecular flexibility index (Phi) is 7.42. The van der Waals surface area contributed by atoms with E-state index < -0.39 is 0 Å². The van der Waals surface area contributed by atoms with Gasteiger partial charge in [0.05, 0.1) is 16.9 Å². The van der Waals surface area contributed by atoms with Crippen LogP contribution >= 0.6 is 0 Å². The maximum Gasteiger partial charge on any atom is 0.164 e. The molecule has 0 fully saturated rings. The van der Waals surface area contributed by atoms with Crippen molar-refractivity contribution < 1.29 is 0 Å². The molecular formula is C51H33N5. The van der Waals surface area contributed by atoms with E-state index in [1.54, 1.807) is 0 Å². The molecule has 3 heterocycles. The van der Waals surface area contributed by atoms with E-state index in [1.807, 2.05) is 60.7 Å². The van der Waals surface area contributed by atoms with Gasteiger partial charge in [0.2, 0.25) is 0 Å². The molecule has 0 N–H and O–H groups in total. The van der Waals surface area contributed by atoms with E-state index in [-0.39, 0.29) is 0 Å². The summed E-state index contributed by atoms with van der Waals surface area (Å²) >= 11 is 0. The molecule has 0 spiro atoms. The summed E-state index contributed by atoms with van der Waals surface area (Å²) in [5.41, 5.74) is 11.9. The van der Waals surface area contributed by atoms with Crippen molar-refractivity contribution in [2.45, 2.75) is 0 Å². The Balaban J connectivity index is 1.07. The van der Waals surface area contributed by atoms with Crippen molar-refractivity contribution in [3.8, 4) is 62.1 Å². The van der Waals surface area contributed by atoms with Crippen LogP contribution in [0, 0.1) is 0 Å². The third-order valence-electron chi connectivity index (χ3n) is 10.7. The SMILES string of the molecule is c1ccc(-c2nc(-c3ccccc3)nc(-c3cccc(-c4cccc(N5c6ccccc6-c6ccccc6-n6c5cc5cc7ccccc7cc56)c4)c3)n2)cc1. The molecule has 0 saturated heterocycles. The molecule has 1 aliphatic heterocycles. The fourth-order valence-electron chi connectivity index (χ4n) is 8.09. The Bertz CT molecular complexity index is 3040. The predicted octanol–water partition coefficient (Wildman–Crippen LogP) is 13.1. The fourth-order valence-corrected chi connectivity index (χ4v) is 8.09. The summed E-state index contributed by atoms with van der Waals surface area (Å²) in [6, 6.07) is 70.7. The van der Waals surface area contributed by atoms with E-state index in [0.29, 0.717) is 17.5 Å². The van der Waals surface area contributed by atoms with Crippen LogP contribution in [0.25, 0.3) is 83.8 Å². The predicted molar refractivity (Wildman–Crippen MR) is 230 cm³/mol. The standard InChI is InChI=1S/C51H33N5/c1-3-15-34(16-4-1)49-52-50(35-17-5-2-6-18-35)54-51(53-49)40-23-13-21-37(29-40)38-22-14-24-42(31-38)55-45-27-11-9-25-43(45)44-26-10-12-28-46(44)56-47-32-39-20-8-7-19-36(39)30-41(47)33-48(55)56/h1-33H. The van der Waals surface area contributed by atoms with Crippen LogP contribution in [0.4, 0.5) is 17.2 Å². The molecule has 11 rings (SSSR count). The lowest BCUT2D eigenvalue weighted by atomic mass is 9.99. The van der Waals surface area contributed by atoms with Crippen LogP contribution in [-0.4, -0.2) is 19.5 Å². The number of fused-ring (bicyclic) bond motifs is 8. The minimum atomic E-state index is 0.631. The van der Waals surface area contributed by atoms with Crippen LogP contribution in [0.15, 0.2) is 200 Å². The summed E-state index contributed by atoms with van der Waals surface area (Å²) in [7, 11) is 0. The second kappa shape index (κ2) is 13.0. The fraction of sp³-hybridized carbons (Fsp3) is 0. The molecule has 5 nitrogen and oxygen atoms in total. The van der Waals surface area contributed by atoms with Gasteiger partial charge in [-0.15, -0.1) is 0 Å². The van der Waals surface area contributed by atoms with Gasteiger partial charge in [0.1, 0.15) is 5.82 Å². The molecule has 0 bridgehead atoms. The maximum atomic E-state index is 5.01. The van der Waals surface area contributed by atoms with Crippen molar-refractivity contribution in [2.75, 3.05) is 4.90 Å². The number of para-hydroxylation sites is 2. The lowest BCUT2D eigenvalue weighted by Gasteiger charge is -2.26. The van der Waals surface area contributed by atoms with Crippen LogP contribution in [0.3, 0.4) is 0 Å². The van der Waals surface area contributed by atoms with Crippen LogP contribution in [0.2, 0.25) is 0 Å². The Morgan fingerprint density at radius 1 is 0.321 bits per heavy atom. The first-order valence-electron chi connectivity index (χ1n) is 18.9. The molecule has 0 unspecified atom stereocenters. The van der Waals surface area contributed by atoms with Crippen molar-refractivity contribution in [3.63, 3.8) is 0 Å². The Morgan fingerprint density at radius 2 is 0.821 bits per heavy atom. The average molecular weight is 716 g/mol. The molecule has 0 radical (unpaired) electrons. The van der Waals surface area contributed by atoms with Gasteiger partial charge in [0.15, 0.2) is 17.5 Å². The topological polar surface area (TPSA) is 46.8 Å². The molecule has 56 heavy (non-hydrogen) atoms. The van der Waals surface area contributed by atoms with Gasteiger partial charge in [-0.3, -0.25) is 9.47 Å². The third-order valence-corrected chi connectivity index (χ3v) is 10.7. The number of rotatable bonds is 5. The Labute approximate surface area is 324 Å². The van der Waals surface area contributed by atoms with Gasteiger partial charge in [0.25, 0.3) is 0 Å². The molecule has 10 aromatic rings. The highest BCUT2D eigenvalue weighted by atomic mass is 15.3. The summed E-state index contributed by atoms with van der Waals surface area (Å²) in [4.78, 5) is 17.3. The number of aromatic nitrogens is 4. The first-order valence-corrected chi connectivity index (χ1v) is 18.9. The summed E-state index contributed by atoms with van der Waals surface area (Å²) in [6.45, 7) is 0. The van der Waals surface area contributed by atoms with Gasteiger partial charge in [-0.2, -0.15) is 0 Å². The molecular weight excluding hydrogens is 683 g/mol. The summed E-state index contributed by atoms with van der Waals surface area (Å²) in [6.07, 6.45) is 0. The summed E-state index contributed by atoms with van der Waals surface area (Å²) in [5, 5.41) is 3.65. The largest absolute Gasteiger partial charge is 0.295 e. The first kappa shape index (κ1) is 31.9. The average Bonchev–Trinajstić information content (AvgIpc) is 3.58. The highest BCUT2D eigenvalue weighted by molar-refractivity contribution is 6.04. The van der Waals surface area contributed by atoms with Crippen molar-refractivity contribution in [1.29, 1.82) is 0 Å². The van der Waals surface area contributed by atoms with Gasteiger partial charge >= 0.3 is 0 Å². The maximum absolute atomic E-state index is 5.01. The summed E-state index contributed by atoms with van der Waals surface area (Å²) in [5.74, 6) is 3.01. The van der Waals surface area contributed by atoms with Crippen LogP contribution in [0.1, 0.15) is 0 Å². The highest BCUT2D eigenvalue weighted by Crippen LogP contribution is 2.49. The van der Waals surface area contributed by atoms with Crippen LogP contribution in [-0.2, 0) is 0 Å². The smallest absolute Gasteiger partial charge is 0.164 e. The lowest BCUT2D eigenvalue weighted by molar-refractivity contribution is 1.07. The van der Waals surface area contributed by atoms with Crippen molar-refractivity contribution in [3.05, 3.63) is 200 Å². The highest BCUT2D eigenvalue weighted by Gasteiger charge is 2.28. The zero-order chi connectivity index (χ0) is 37.0. The molecule has 0 aliphatic carbocycles. The normalized spacial score (nSPS) is 11.9. The molecule has 262 valence electrons. The number of hydrogen-bond acceptors (Lipinski definition) is 4. The van der Waals surface area contributed by atoms with Crippen LogP contribution < -0.4 is 4.90 Å². The molecule has 0 atom stereocenters. The van der Waals surface area contributed by atoms with E-state index >= 15 is 0 Å². The second-order valence-corrected chi connectivity index (χ2v) is 14.1. The third kappa shape index (κ3) is 5.37. The van der Waals surface area contributed by atoms with Gasteiger partial charge in [-0.25, -0.2) is 15.0 Å². The van der Waals surface area contributed by atoms with Crippen LogP contribution in [0.5, 0.6) is 0 Å². The van der Waals surface area contributed by atoms with E-state index in [1.165, 1.54) is 32.8 Å². The van der Waals surface area contributed by atoms with Gasteiger partial charge in [-0.05, 0) is 70.4 Å². The van der Waals surface area contributed by atoms with Gasteiger partial charge in [-0.1, -0.05) is 152 Å². The lowest BCUT2D eigenvalue weighted by Crippen LogP contribution is -2.12. The Hall–Kier alpha value is -7.63. The minimum absolute atomic E-state index is 0.631. The number of nitrogens with zero attached hydrogens (tertiary/aromatic N) is 5. The molecule has 5 heteroatoms. The van der Waals surface area contributed by atoms with E-state index in [4.69, 9.17) is 15.0 Å². The van der Waals surface area contributed by atoms with E-state index in [0.717, 1.165) is 50.7 Å². The molecule has 1 aliphatic rings. The summed E-state index contributed by atoms with van der Waals surface area (Å²) < 4.78 is 2.43. The first-order chi connectivity index (χ1) is 27.7. The molecule has 0 amide bonds. The van der Waals surface area contributed by atoms with E-state index in [9.17, 15) is 0 Å². The van der Waals surface area contributed by atoms with Crippen molar-refractivity contribution in [1.82, 2.24) is 19.5 Å². The zero-order valence-corrected chi connectivity index (χ0v) is 30.3. The van der Waals surface area contributed by atoms with Gasteiger partial charge < -0.3 is 0 Å². The number of benzene rings is 8. The molecule has 0 saturated carbocycles. The Morgan fingerprint density at radius 3 is 1.52 bits per heavy atom. The van der Waals surface area contributed by atoms with E-state index in [2.05, 4.69) is 149 Å². The molecule has 8 aromatic carbocycles. The monoisotopic (exact) mass is 715 g/mol. The number of hydrogen-bond donors (Lipinski definition) is 0. The molecule has 2 aromatic heterocycles. The number of anilines is 3. The van der Waals surface area contributed by atoms with Crippen molar-refractivity contribution in [2.24, 2.45) is 0 Å². The zero-order valence-electron chi connectivity index (χ0n) is 30.3. The van der Waals surface area contributed by atoms with Crippen molar-refractivity contribution >= 4 is 38.9 Å². The second-order valence-electron chi connectivity index (χ2n) is 14.1. The quantitative estimate of drug-likeness (QED) is 0.178. The minimum Gasteiger partial charge on any atom is -0.295 e.